The van der Waals surface area contributed by atoms with Crippen LogP contribution in [0.25, 0.3) is 0 Å². The van der Waals surface area contributed by atoms with Gasteiger partial charge in [-0.2, -0.15) is 0 Å². The first-order valence-corrected chi connectivity index (χ1v) is 15.8. The van der Waals surface area contributed by atoms with Crippen molar-refractivity contribution in [1.82, 2.24) is 10.2 Å². The molecule has 1 saturated carbocycles. The number of sulfonamides is 1. The molecule has 0 aromatic heterocycles. The molecular formula is C31H36ClN3O4S. The van der Waals surface area contributed by atoms with E-state index >= 15 is 0 Å². The van der Waals surface area contributed by atoms with Gasteiger partial charge in [0.2, 0.25) is 21.8 Å². The third-order valence-electron chi connectivity index (χ3n) is 7.24. The zero-order valence-corrected chi connectivity index (χ0v) is 24.5. The summed E-state index contributed by atoms with van der Waals surface area (Å²) >= 11 is 6.02. The fraction of sp³-hybridized carbons (Fsp3) is 0.355. The number of halogens is 1. The van der Waals surface area contributed by atoms with Crippen LogP contribution in [0.15, 0.2) is 78.9 Å². The topological polar surface area (TPSA) is 86.8 Å². The average molecular weight is 582 g/mol. The number of aryl methyl sites for hydroxylation is 1. The predicted molar refractivity (Wildman–Crippen MR) is 160 cm³/mol. The Morgan fingerprint density at radius 3 is 2.15 bits per heavy atom. The minimum atomic E-state index is -3.82. The Morgan fingerprint density at radius 2 is 1.55 bits per heavy atom. The van der Waals surface area contributed by atoms with Gasteiger partial charge in [-0.25, -0.2) is 8.42 Å². The number of nitrogens with one attached hydrogen (secondary N) is 1. The monoisotopic (exact) mass is 581 g/mol. The Morgan fingerprint density at radius 1 is 0.925 bits per heavy atom. The van der Waals surface area contributed by atoms with E-state index in [1.807, 2.05) is 61.5 Å². The second-order valence-electron chi connectivity index (χ2n) is 10.4. The highest BCUT2D eigenvalue weighted by Crippen LogP contribution is 2.23. The van der Waals surface area contributed by atoms with Crippen LogP contribution in [-0.4, -0.2) is 50.0 Å². The summed E-state index contributed by atoms with van der Waals surface area (Å²) in [6.07, 6.45) is 5.31. The molecule has 2 amide bonds. The van der Waals surface area contributed by atoms with Crippen molar-refractivity contribution in [3.63, 3.8) is 0 Å². The molecule has 40 heavy (non-hydrogen) atoms. The Kier molecular flexibility index (Phi) is 9.87. The van der Waals surface area contributed by atoms with Crippen molar-refractivity contribution in [2.75, 3.05) is 17.1 Å². The van der Waals surface area contributed by atoms with Gasteiger partial charge in [-0.3, -0.25) is 13.9 Å². The van der Waals surface area contributed by atoms with Crippen molar-refractivity contribution in [3.8, 4) is 0 Å². The molecule has 9 heteroatoms. The number of carbonyl (C=O) groups is 2. The van der Waals surface area contributed by atoms with E-state index in [0.717, 1.165) is 52.9 Å². The molecule has 1 atom stereocenters. The maximum Gasteiger partial charge on any atom is 0.244 e. The van der Waals surface area contributed by atoms with Crippen LogP contribution in [0.3, 0.4) is 0 Å². The van der Waals surface area contributed by atoms with Crippen LogP contribution in [-0.2, 0) is 32.6 Å². The summed E-state index contributed by atoms with van der Waals surface area (Å²) in [4.78, 5) is 29.5. The molecule has 212 valence electrons. The highest BCUT2D eigenvalue weighted by molar-refractivity contribution is 7.92. The fourth-order valence-electron chi connectivity index (χ4n) is 5.03. The number of nitrogens with zero attached hydrogens (tertiary/aromatic N) is 2. The first-order valence-electron chi connectivity index (χ1n) is 13.5. The molecule has 3 aromatic carbocycles. The van der Waals surface area contributed by atoms with Crippen LogP contribution in [0.1, 0.15) is 42.4 Å². The van der Waals surface area contributed by atoms with Gasteiger partial charge in [0.25, 0.3) is 0 Å². The smallest absolute Gasteiger partial charge is 0.244 e. The molecule has 0 bridgehead atoms. The van der Waals surface area contributed by atoms with Crippen LogP contribution >= 0.6 is 11.6 Å². The summed E-state index contributed by atoms with van der Waals surface area (Å²) in [7, 11) is -3.82. The van der Waals surface area contributed by atoms with E-state index in [2.05, 4.69) is 5.32 Å². The van der Waals surface area contributed by atoms with Gasteiger partial charge in [0.1, 0.15) is 12.6 Å². The number of carbonyl (C=O) groups excluding carboxylic acids is 2. The lowest BCUT2D eigenvalue weighted by Crippen LogP contribution is -2.54. The number of hydrogen-bond acceptors (Lipinski definition) is 4. The standard InChI is InChI=1S/C31H36ClN3O4S/c1-23-12-14-25(15-13-23)21-34(30(36)22-35(40(2,38)39)28-18-16-26(32)17-19-28)29(20-24-8-4-3-5-9-24)31(37)33-27-10-6-7-11-27/h3-5,8-9,12-19,27,29H,6-7,10-11,20-22H2,1-2H3,(H,33,37)/t29-/m1/s1. The van der Waals surface area contributed by atoms with Gasteiger partial charge in [0, 0.05) is 24.0 Å². The lowest BCUT2D eigenvalue weighted by atomic mass is 10.0. The summed E-state index contributed by atoms with van der Waals surface area (Å²) < 4.78 is 26.7. The van der Waals surface area contributed by atoms with Crippen LogP contribution < -0.4 is 9.62 Å². The lowest BCUT2D eigenvalue weighted by molar-refractivity contribution is -0.140. The summed E-state index contributed by atoms with van der Waals surface area (Å²) in [6, 6.07) is 22.9. The Bertz CT molecular complexity index is 1390. The summed E-state index contributed by atoms with van der Waals surface area (Å²) in [5, 5.41) is 3.63. The highest BCUT2D eigenvalue weighted by atomic mass is 35.5. The molecule has 1 N–H and O–H groups in total. The van der Waals surface area contributed by atoms with Gasteiger partial charge in [0.15, 0.2) is 0 Å². The molecule has 1 aliphatic carbocycles. The normalized spacial score (nSPS) is 14.5. The molecule has 7 nitrogen and oxygen atoms in total. The molecule has 0 saturated heterocycles. The highest BCUT2D eigenvalue weighted by Gasteiger charge is 2.34. The van der Waals surface area contributed by atoms with E-state index in [4.69, 9.17) is 11.6 Å². The number of amides is 2. The predicted octanol–water partition coefficient (Wildman–Crippen LogP) is 5.11. The second kappa shape index (κ2) is 13.3. The minimum absolute atomic E-state index is 0.0729. The molecule has 0 unspecified atom stereocenters. The van der Waals surface area contributed by atoms with Crippen molar-refractivity contribution in [2.24, 2.45) is 0 Å². The lowest BCUT2D eigenvalue weighted by Gasteiger charge is -2.34. The van der Waals surface area contributed by atoms with E-state index in [1.165, 1.54) is 4.90 Å². The molecule has 0 aliphatic heterocycles. The third-order valence-corrected chi connectivity index (χ3v) is 8.63. The number of rotatable bonds is 11. The van der Waals surface area contributed by atoms with Crippen molar-refractivity contribution < 1.29 is 18.0 Å². The molecule has 1 aliphatic rings. The van der Waals surface area contributed by atoms with E-state index in [-0.39, 0.29) is 18.5 Å². The Hall–Kier alpha value is -3.36. The molecule has 0 heterocycles. The summed E-state index contributed by atoms with van der Waals surface area (Å²) in [5.74, 6) is -0.697. The van der Waals surface area contributed by atoms with Gasteiger partial charge < -0.3 is 10.2 Å². The van der Waals surface area contributed by atoms with Crippen molar-refractivity contribution in [3.05, 3.63) is 101 Å². The van der Waals surface area contributed by atoms with Crippen LogP contribution in [0.4, 0.5) is 5.69 Å². The van der Waals surface area contributed by atoms with E-state index in [9.17, 15) is 18.0 Å². The van der Waals surface area contributed by atoms with Gasteiger partial charge in [-0.05, 0) is 55.2 Å². The third kappa shape index (κ3) is 8.08. The minimum Gasteiger partial charge on any atom is -0.352 e. The second-order valence-corrected chi connectivity index (χ2v) is 12.8. The zero-order valence-electron chi connectivity index (χ0n) is 22.9. The van der Waals surface area contributed by atoms with Gasteiger partial charge in [-0.15, -0.1) is 0 Å². The largest absolute Gasteiger partial charge is 0.352 e. The maximum absolute atomic E-state index is 14.1. The molecule has 4 rings (SSSR count). The van der Waals surface area contributed by atoms with Crippen molar-refractivity contribution in [2.45, 2.75) is 57.7 Å². The Labute approximate surface area is 242 Å². The van der Waals surface area contributed by atoms with E-state index < -0.39 is 28.5 Å². The van der Waals surface area contributed by atoms with Crippen molar-refractivity contribution >= 4 is 39.1 Å². The molecule has 1 fully saturated rings. The first-order chi connectivity index (χ1) is 19.1. The number of hydrogen-bond donors (Lipinski definition) is 1. The maximum atomic E-state index is 14.1. The number of anilines is 1. The van der Waals surface area contributed by atoms with Gasteiger partial charge in [0.05, 0.1) is 11.9 Å². The number of benzene rings is 3. The summed E-state index contributed by atoms with van der Waals surface area (Å²) in [6.45, 7) is 1.69. The van der Waals surface area contributed by atoms with Crippen LogP contribution in [0.2, 0.25) is 5.02 Å². The molecule has 3 aromatic rings. The summed E-state index contributed by atoms with van der Waals surface area (Å²) in [5.41, 5.74) is 3.16. The van der Waals surface area contributed by atoms with E-state index in [1.54, 1.807) is 24.3 Å². The fourth-order valence-corrected chi connectivity index (χ4v) is 6.01. The van der Waals surface area contributed by atoms with Gasteiger partial charge >= 0.3 is 0 Å². The van der Waals surface area contributed by atoms with Crippen molar-refractivity contribution in [1.29, 1.82) is 0 Å². The molecule has 0 radical (unpaired) electrons. The van der Waals surface area contributed by atoms with Crippen LogP contribution in [0, 0.1) is 6.92 Å². The molecular weight excluding hydrogens is 546 g/mol. The van der Waals surface area contributed by atoms with Crippen LogP contribution in [0.5, 0.6) is 0 Å². The quantitative estimate of drug-likeness (QED) is 0.341. The van der Waals surface area contributed by atoms with Gasteiger partial charge in [-0.1, -0.05) is 84.6 Å². The SMILES string of the molecule is Cc1ccc(CN(C(=O)CN(c2ccc(Cl)cc2)S(C)(=O)=O)[C@H](Cc2ccccc2)C(=O)NC2CCCC2)cc1. The zero-order chi connectivity index (χ0) is 28.7. The Balaban J connectivity index is 1.71. The average Bonchev–Trinajstić information content (AvgIpc) is 3.44. The first kappa shape index (κ1) is 29.6. The molecule has 0 spiro atoms. The van der Waals surface area contributed by atoms with E-state index in [0.29, 0.717) is 17.1 Å².